The van der Waals surface area contributed by atoms with Gasteiger partial charge >= 0.3 is 24.3 Å². The minimum atomic E-state index is -5.08. The van der Waals surface area contributed by atoms with Gasteiger partial charge in [-0.25, -0.2) is 47.6 Å². The van der Waals surface area contributed by atoms with Crippen LogP contribution < -0.4 is 14.7 Å². The molecule has 558 valence electrons. The minimum absolute atomic E-state index is 0.0201. The molecule has 23 nitrogen and oxygen atoms in total. The minimum Gasteiger partial charge on any atom is -0.475 e. The molecule has 0 radical (unpaired) electrons. The topological polar surface area (TPSA) is 273 Å². The van der Waals surface area contributed by atoms with E-state index in [0.717, 1.165) is 55.0 Å². The van der Waals surface area contributed by atoms with E-state index in [2.05, 4.69) is 48.5 Å². The van der Waals surface area contributed by atoms with Crippen molar-refractivity contribution in [1.82, 2.24) is 37.7 Å². The molecule has 0 saturated carbocycles. The molecule has 3 aliphatic heterocycles. The Morgan fingerprint density at radius 1 is 0.553 bits per heavy atom. The van der Waals surface area contributed by atoms with Gasteiger partial charge in [0.1, 0.15) is 27.8 Å². The summed E-state index contributed by atoms with van der Waals surface area (Å²) >= 11 is 27.1. The lowest BCUT2D eigenvalue weighted by molar-refractivity contribution is -0.192. The second-order valence-electron chi connectivity index (χ2n) is 25.8. The number of piperazine rings is 2. The zero-order chi connectivity index (χ0) is 76.2. The van der Waals surface area contributed by atoms with Gasteiger partial charge < -0.3 is 44.1 Å². The summed E-state index contributed by atoms with van der Waals surface area (Å²) in [4.78, 5) is 60.8. The Balaban J connectivity index is 0.000000191. The van der Waals surface area contributed by atoms with Gasteiger partial charge in [0.05, 0.1) is 53.6 Å². The molecule has 0 spiro atoms. The van der Waals surface area contributed by atoms with E-state index in [4.69, 9.17) is 88.1 Å². The van der Waals surface area contributed by atoms with Gasteiger partial charge in [0, 0.05) is 127 Å². The highest BCUT2D eigenvalue weighted by Gasteiger charge is 2.39. The number of aliphatic carboxylic acids is 1. The summed E-state index contributed by atoms with van der Waals surface area (Å²) in [6, 6.07) is 29.2. The Morgan fingerprint density at radius 3 is 1.30 bits per heavy atom. The number of alkyl halides is 5. The first-order valence-electron chi connectivity index (χ1n) is 31.9. The zero-order valence-corrected chi connectivity index (χ0v) is 64.4. The molecule has 3 fully saturated rings. The van der Waals surface area contributed by atoms with Crippen molar-refractivity contribution in [2.45, 2.75) is 119 Å². The number of aromatic nitrogens is 6. The van der Waals surface area contributed by atoms with Crippen LogP contribution in [0, 0.1) is 5.92 Å². The third-order valence-electron chi connectivity index (χ3n) is 15.6. The van der Waals surface area contributed by atoms with Crippen LogP contribution in [0.2, 0.25) is 15.1 Å². The second-order valence-corrected chi connectivity index (χ2v) is 34.1. The highest BCUT2D eigenvalue weighted by atomic mass is 35.7. The average Bonchev–Trinajstić information content (AvgIpc) is 1.62. The highest BCUT2D eigenvalue weighted by Crippen LogP contribution is 2.36. The van der Waals surface area contributed by atoms with Crippen molar-refractivity contribution < 1.29 is 67.4 Å². The lowest BCUT2D eigenvalue weighted by atomic mass is 10.00. The summed E-state index contributed by atoms with van der Waals surface area (Å²) in [5.41, 5.74) is 6.01. The fraction of sp³-hybridized carbons (Fsp3) is 0.382. The number of hydrogen-bond acceptors (Lipinski definition) is 17. The summed E-state index contributed by atoms with van der Waals surface area (Å²) in [6.07, 6.45) is 7.08. The smallest absolute Gasteiger partial charge is 0.475 e. The predicted molar refractivity (Wildman–Crippen MR) is 398 cm³/mol. The maximum absolute atomic E-state index is 13.4. The lowest BCUT2D eigenvalue weighted by Gasteiger charge is -2.40. The lowest BCUT2D eigenvalue weighted by Crippen LogP contribution is -2.55. The molecule has 3 atom stereocenters. The molecule has 35 heteroatoms. The number of carboxylic acids is 1. The van der Waals surface area contributed by atoms with Gasteiger partial charge in [-0.2, -0.15) is 13.2 Å². The second kappa shape index (κ2) is 35.1. The number of halogens is 9. The molecular formula is C68H78Cl6F3N11O12S3. The number of piperidine rings is 1. The number of fused-ring (bicyclic) bond motifs is 3. The number of hydrogen-bond donors (Lipinski definition) is 2. The Kier molecular flexibility index (Phi) is 28.2. The molecule has 9 heterocycles. The maximum atomic E-state index is 13.4. The number of carboxylic acid groups (broad SMARTS) is 1. The molecule has 0 aliphatic carbocycles. The van der Waals surface area contributed by atoms with Gasteiger partial charge in [-0.3, -0.25) is 15.0 Å². The van der Waals surface area contributed by atoms with Crippen LogP contribution in [0.15, 0.2) is 161 Å². The van der Waals surface area contributed by atoms with Gasteiger partial charge in [-0.05, 0) is 165 Å². The third-order valence-corrected chi connectivity index (χ3v) is 21.0. The number of anilines is 3. The van der Waals surface area contributed by atoms with E-state index in [1.54, 1.807) is 96.5 Å². The average molecular weight is 1610 g/mol. The number of ether oxygens (including phenoxy) is 2. The number of nitrogens with zero attached hydrogens (tertiary/aromatic N) is 10. The SMILES string of the molecule is C[C@@H]1CN(c2c[nH]c3cccnc23)CCN1C(=O)OC(C)(C)C.C[C@@H]1CN(c2cn(S(=O)(=O)c3cccc(Cl)c3)c3cccnc23)CCN1C(=O)OC(C)(C)C.C[C@H]1CCCN(c2cn(S(=O)(=O)c3cccc(Cl)c3)c3cccnc23)C1.ClCCl.O=C(O)C(F)(F)F.O=S(=O)(Cl)c1cccc(Cl)c1. The van der Waals surface area contributed by atoms with Crippen molar-refractivity contribution in [3.8, 4) is 0 Å². The molecule has 9 aromatic rings. The first-order valence-corrected chi connectivity index (χ1v) is 39.3. The summed E-state index contributed by atoms with van der Waals surface area (Å²) in [6.45, 7) is 22.9. The maximum Gasteiger partial charge on any atom is 0.490 e. The zero-order valence-electron chi connectivity index (χ0n) is 57.4. The number of nitrogens with one attached hydrogen (secondary N) is 1. The summed E-state index contributed by atoms with van der Waals surface area (Å²) in [5.74, 6) is -2.18. The predicted octanol–water partition coefficient (Wildman–Crippen LogP) is 15.9. The van der Waals surface area contributed by atoms with Gasteiger partial charge in [0.2, 0.25) is 0 Å². The molecule has 3 aliphatic rings. The molecule has 2 N–H and O–H groups in total. The summed E-state index contributed by atoms with van der Waals surface area (Å²) < 4.78 is 120. The molecule has 0 bridgehead atoms. The number of benzene rings is 3. The van der Waals surface area contributed by atoms with Crippen LogP contribution in [0.5, 0.6) is 0 Å². The molecule has 6 aromatic heterocycles. The van der Waals surface area contributed by atoms with Crippen molar-refractivity contribution in [3.63, 3.8) is 0 Å². The molecule has 0 unspecified atom stereocenters. The summed E-state index contributed by atoms with van der Waals surface area (Å²) in [7, 11) is -6.23. The molecule has 3 saturated heterocycles. The first kappa shape index (κ1) is 82.8. The molecule has 2 amide bonds. The van der Waals surface area contributed by atoms with E-state index < -0.39 is 52.4 Å². The van der Waals surface area contributed by atoms with E-state index in [1.807, 2.05) is 71.7 Å². The van der Waals surface area contributed by atoms with Crippen LogP contribution in [0.3, 0.4) is 0 Å². The Bertz CT molecular complexity index is 4790. The van der Waals surface area contributed by atoms with Crippen molar-refractivity contribution in [2.24, 2.45) is 5.92 Å². The van der Waals surface area contributed by atoms with Gasteiger partial charge in [0.15, 0.2) is 0 Å². The molecule has 12 rings (SSSR count). The fourth-order valence-corrected chi connectivity index (χ4v) is 15.5. The normalized spacial score (nSPS) is 16.7. The van der Waals surface area contributed by atoms with Crippen LogP contribution in [0.1, 0.15) is 75.2 Å². The van der Waals surface area contributed by atoms with Crippen LogP contribution >= 0.6 is 68.7 Å². The van der Waals surface area contributed by atoms with Crippen LogP contribution in [0.25, 0.3) is 33.1 Å². The number of carbonyl (C=O) groups excluding carboxylic acids is 2. The number of H-pyrrole nitrogens is 1. The van der Waals surface area contributed by atoms with Gasteiger partial charge in [-0.1, -0.05) is 59.9 Å². The summed E-state index contributed by atoms with van der Waals surface area (Å²) in [5, 5.41) is 8.41. The number of amides is 2. The van der Waals surface area contributed by atoms with Crippen molar-refractivity contribution in [3.05, 3.63) is 161 Å². The van der Waals surface area contributed by atoms with Crippen LogP contribution in [-0.4, -0.2) is 173 Å². The largest absolute Gasteiger partial charge is 0.490 e. The van der Waals surface area contributed by atoms with E-state index in [0.29, 0.717) is 74.9 Å². The van der Waals surface area contributed by atoms with E-state index in [1.165, 1.54) is 50.8 Å². The quantitative estimate of drug-likeness (QED) is 0.106. The molecule has 3 aromatic carbocycles. The van der Waals surface area contributed by atoms with Gasteiger partial charge in [0.25, 0.3) is 29.1 Å². The monoisotopic (exact) mass is 1600 g/mol. The Hall–Kier alpha value is -7.48. The standard InChI is InChI=1S/C23H27ClN4O4S.C19H20ClN3O2S.C17H24N4O2.C6H4Cl2O2S.C2HF3O2.CH2Cl2/c1-16-14-26(11-12-27(16)22(29)32-23(2,3)4)20-15-28(19-9-6-10-25-21(19)20)33(30,31)18-8-5-7-17(24)13-18;1-14-5-4-10-22(12-14)18-13-23(17-8-3-9-21-19(17)18)26(24,25)16-7-2-6-15(20)11-16;1-12-11-20(8-9-21(12)16(22)23-17(2,3)4)14-10-19-13-6-5-7-18-15(13)14;7-5-2-1-3-6(4-5)11(8,9)10;3-2(4,5)1(6)7;2-1-3/h5-10,13,15-16H,11-12,14H2,1-4H3;2-3,6-9,11,13-14H,4-5,10,12H2,1H3;5-7,10,12,19H,8-9,11H2,1-4H3;1-4H;(H,6,7);1H2/t16-;14-;12-;;;/m101.../s1. The Labute approximate surface area is 625 Å². The van der Waals surface area contributed by atoms with E-state index in [-0.39, 0.29) is 44.3 Å². The molecule has 103 heavy (non-hydrogen) atoms. The highest BCUT2D eigenvalue weighted by molar-refractivity contribution is 8.13. The number of pyridine rings is 3. The first-order chi connectivity index (χ1) is 48.1. The van der Waals surface area contributed by atoms with Crippen molar-refractivity contribution in [2.75, 3.05) is 72.4 Å². The van der Waals surface area contributed by atoms with E-state index in [9.17, 15) is 48.0 Å². The number of rotatable bonds is 8. The Morgan fingerprint density at radius 2 is 0.932 bits per heavy atom. The number of carbonyl (C=O) groups is 3. The van der Waals surface area contributed by atoms with E-state index >= 15 is 0 Å². The number of aromatic amines is 1. The fourth-order valence-electron chi connectivity index (χ4n) is 11.1. The van der Waals surface area contributed by atoms with Crippen molar-refractivity contribution in [1.29, 1.82) is 0 Å². The van der Waals surface area contributed by atoms with Crippen LogP contribution in [0.4, 0.5) is 39.8 Å². The third kappa shape index (κ3) is 22.3. The van der Waals surface area contributed by atoms with Crippen LogP contribution in [-0.2, 0) is 43.4 Å². The molecular weight excluding hydrogens is 1530 g/mol. The van der Waals surface area contributed by atoms with Crippen molar-refractivity contribution >= 4 is 166 Å². The van der Waals surface area contributed by atoms with Gasteiger partial charge in [-0.15, -0.1) is 23.2 Å².